The summed E-state index contributed by atoms with van der Waals surface area (Å²) in [4.78, 5) is 6.41. The molecule has 6 nitrogen and oxygen atoms in total. The average molecular weight is 299 g/mol. The smallest absolute Gasteiger partial charge is 0.278 e. The molecule has 108 valence electrons. The zero-order valence-corrected chi connectivity index (χ0v) is 11.8. The van der Waals surface area contributed by atoms with Crippen molar-refractivity contribution in [1.29, 1.82) is 0 Å². The van der Waals surface area contributed by atoms with Gasteiger partial charge in [0.1, 0.15) is 5.82 Å². The zero-order valence-electron chi connectivity index (χ0n) is 11.0. The van der Waals surface area contributed by atoms with E-state index in [0.29, 0.717) is 12.4 Å². The summed E-state index contributed by atoms with van der Waals surface area (Å²) in [5.74, 6) is -0.0797. The molecule has 0 fully saturated rings. The predicted molar refractivity (Wildman–Crippen MR) is 71.7 cm³/mol. The van der Waals surface area contributed by atoms with Gasteiger partial charge < -0.3 is 9.72 Å². The largest absolute Gasteiger partial charge is 0.491 e. The van der Waals surface area contributed by atoms with E-state index in [-0.39, 0.29) is 16.5 Å². The van der Waals surface area contributed by atoms with Crippen molar-refractivity contribution >= 4 is 15.7 Å². The molecule has 0 spiro atoms. The highest BCUT2D eigenvalue weighted by Crippen LogP contribution is 2.22. The summed E-state index contributed by atoms with van der Waals surface area (Å²) in [6.45, 7) is 3.70. The number of aromatic amines is 1. The Hall–Kier alpha value is -2.09. The van der Waals surface area contributed by atoms with Crippen LogP contribution in [0, 0.1) is 12.7 Å². The fourth-order valence-electron chi connectivity index (χ4n) is 1.58. The summed E-state index contributed by atoms with van der Waals surface area (Å²) in [6, 6.07) is 3.86. The van der Waals surface area contributed by atoms with Gasteiger partial charge in [-0.2, -0.15) is 8.42 Å². The lowest BCUT2D eigenvalue weighted by Gasteiger charge is -2.09. The van der Waals surface area contributed by atoms with Crippen molar-refractivity contribution in [3.8, 4) is 5.75 Å². The number of benzene rings is 1. The number of aromatic nitrogens is 2. The molecule has 2 N–H and O–H groups in total. The van der Waals surface area contributed by atoms with E-state index < -0.39 is 15.8 Å². The minimum Gasteiger partial charge on any atom is -0.491 e. The van der Waals surface area contributed by atoms with Crippen LogP contribution in [0.15, 0.2) is 29.4 Å². The van der Waals surface area contributed by atoms with Crippen LogP contribution in [0.25, 0.3) is 0 Å². The molecule has 0 atom stereocenters. The van der Waals surface area contributed by atoms with E-state index in [0.717, 1.165) is 6.07 Å². The Labute approximate surface area is 116 Å². The topological polar surface area (TPSA) is 84.1 Å². The number of imidazole rings is 1. The lowest BCUT2D eigenvalue weighted by molar-refractivity contribution is 0.321. The van der Waals surface area contributed by atoms with Crippen LogP contribution in [0.3, 0.4) is 0 Å². The number of nitrogens with zero attached hydrogens (tertiary/aromatic N) is 1. The highest BCUT2D eigenvalue weighted by atomic mass is 32.2. The van der Waals surface area contributed by atoms with Gasteiger partial charge in [-0.25, -0.2) is 9.37 Å². The second kappa shape index (κ2) is 5.49. The van der Waals surface area contributed by atoms with Crippen molar-refractivity contribution < 1.29 is 17.5 Å². The zero-order chi connectivity index (χ0) is 14.8. The number of halogens is 1. The number of hydrogen-bond acceptors (Lipinski definition) is 4. The molecule has 0 bridgehead atoms. The Morgan fingerprint density at radius 3 is 2.75 bits per heavy atom. The van der Waals surface area contributed by atoms with E-state index in [1.807, 2.05) is 0 Å². The Morgan fingerprint density at radius 2 is 2.20 bits per heavy atom. The SMILES string of the molecule is CCOc1ccc(NS(=O)(=O)c2cnc(C)[nH]2)cc1F. The van der Waals surface area contributed by atoms with Gasteiger partial charge in [0.15, 0.2) is 16.6 Å². The number of anilines is 1. The normalized spacial score (nSPS) is 11.3. The fourth-order valence-corrected chi connectivity index (χ4v) is 2.60. The van der Waals surface area contributed by atoms with Crippen LogP contribution < -0.4 is 9.46 Å². The Bertz CT molecular complexity index is 712. The van der Waals surface area contributed by atoms with Gasteiger partial charge in [-0.1, -0.05) is 0 Å². The van der Waals surface area contributed by atoms with Crippen molar-refractivity contribution in [2.75, 3.05) is 11.3 Å². The van der Waals surface area contributed by atoms with E-state index in [2.05, 4.69) is 14.7 Å². The van der Waals surface area contributed by atoms with Crippen LogP contribution >= 0.6 is 0 Å². The van der Waals surface area contributed by atoms with Crippen LogP contribution in [0.5, 0.6) is 5.75 Å². The van der Waals surface area contributed by atoms with Gasteiger partial charge in [-0.05, 0) is 26.0 Å². The molecule has 20 heavy (non-hydrogen) atoms. The molecular formula is C12H14FN3O3S. The van der Waals surface area contributed by atoms with Gasteiger partial charge in [-0.3, -0.25) is 4.72 Å². The van der Waals surface area contributed by atoms with E-state index in [1.165, 1.54) is 18.3 Å². The third-order valence-corrected chi connectivity index (χ3v) is 3.74. The third-order valence-electron chi connectivity index (χ3n) is 2.45. The highest BCUT2D eigenvalue weighted by Gasteiger charge is 2.17. The molecular weight excluding hydrogens is 285 g/mol. The van der Waals surface area contributed by atoms with E-state index in [1.54, 1.807) is 13.8 Å². The lowest BCUT2D eigenvalue weighted by atomic mass is 10.3. The number of H-pyrrole nitrogens is 1. The second-order valence-corrected chi connectivity index (χ2v) is 5.67. The Morgan fingerprint density at radius 1 is 1.45 bits per heavy atom. The van der Waals surface area contributed by atoms with Gasteiger partial charge in [0.25, 0.3) is 10.0 Å². The first-order valence-corrected chi connectivity index (χ1v) is 7.37. The van der Waals surface area contributed by atoms with Crippen molar-refractivity contribution in [3.05, 3.63) is 36.0 Å². The minimum absolute atomic E-state index is 0.0767. The molecule has 0 saturated heterocycles. The number of nitrogens with one attached hydrogen (secondary N) is 2. The van der Waals surface area contributed by atoms with Gasteiger partial charge in [0.05, 0.1) is 18.5 Å². The molecule has 1 heterocycles. The maximum Gasteiger partial charge on any atom is 0.278 e. The van der Waals surface area contributed by atoms with Gasteiger partial charge in [0.2, 0.25) is 0 Å². The average Bonchev–Trinajstić information content (AvgIpc) is 2.80. The molecule has 2 aromatic rings. The number of rotatable bonds is 5. The number of aryl methyl sites for hydroxylation is 1. The molecule has 0 aliphatic carbocycles. The van der Waals surface area contributed by atoms with Gasteiger partial charge in [-0.15, -0.1) is 0 Å². The molecule has 1 aromatic carbocycles. The molecule has 0 aliphatic rings. The van der Waals surface area contributed by atoms with Crippen LogP contribution in [0.4, 0.5) is 10.1 Å². The van der Waals surface area contributed by atoms with Crippen molar-refractivity contribution in [2.24, 2.45) is 0 Å². The molecule has 0 radical (unpaired) electrons. The van der Waals surface area contributed by atoms with Crippen molar-refractivity contribution in [1.82, 2.24) is 9.97 Å². The van der Waals surface area contributed by atoms with Gasteiger partial charge >= 0.3 is 0 Å². The number of ether oxygens (including phenoxy) is 1. The highest BCUT2D eigenvalue weighted by molar-refractivity contribution is 7.92. The summed E-state index contributed by atoms with van der Waals surface area (Å²) in [5, 5.41) is -0.0794. The summed E-state index contributed by atoms with van der Waals surface area (Å²) in [5.41, 5.74) is 0.109. The van der Waals surface area contributed by atoms with Crippen LogP contribution in [0.1, 0.15) is 12.7 Å². The van der Waals surface area contributed by atoms with Crippen LogP contribution in [0.2, 0.25) is 0 Å². The summed E-state index contributed by atoms with van der Waals surface area (Å²) in [7, 11) is -3.81. The Kier molecular flexibility index (Phi) is 3.93. The molecule has 8 heteroatoms. The molecule has 0 amide bonds. The fraction of sp³-hybridized carbons (Fsp3) is 0.250. The molecule has 1 aromatic heterocycles. The summed E-state index contributed by atoms with van der Waals surface area (Å²) >= 11 is 0. The molecule has 0 saturated carbocycles. The first-order valence-electron chi connectivity index (χ1n) is 5.89. The maximum absolute atomic E-state index is 13.6. The van der Waals surface area contributed by atoms with Crippen LogP contribution in [-0.4, -0.2) is 25.0 Å². The first-order chi connectivity index (χ1) is 9.42. The first kappa shape index (κ1) is 14.3. The molecule has 0 unspecified atom stereocenters. The summed E-state index contributed by atoms with van der Waals surface area (Å²) in [6.07, 6.45) is 1.20. The van der Waals surface area contributed by atoms with Crippen molar-refractivity contribution in [3.63, 3.8) is 0 Å². The quantitative estimate of drug-likeness (QED) is 0.885. The predicted octanol–water partition coefficient (Wildman–Crippen LogP) is 2.06. The Balaban J connectivity index is 2.24. The summed E-state index contributed by atoms with van der Waals surface area (Å²) < 4.78 is 44.9. The van der Waals surface area contributed by atoms with Gasteiger partial charge in [0, 0.05) is 6.07 Å². The van der Waals surface area contributed by atoms with Crippen LogP contribution in [-0.2, 0) is 10.0 Å². The third kappa shape index (κ3) is 3.08. The second-order valence-electron chi connectivity index (χ2n) is 4.02. The lowest BCUT2D eigenvalue weighted by Crippen LogP contribution is -2.13. The van der Waals surface area contributed by atoms with E-state index >= 15 is 0 Å². The van der Waals surface area contributed by atoms with E-state index in [9.17, 15) is 12.8 Å². The standard InChI is InChI=1S/C12H14FN3O3S/c1-3-19-11-5-4-9(6-10(11)13)16-20(17,18)12-7-14-8(2)15-12/h4-7,16H,3H2,1-2H3,(H,14,15). The monoisotopic (exact) mass is 299 g/mol. The minimum atomic E-state index is -3.81. The van der Waals surface area contributed by atoms with E-state index in [4.69, 9.17) is 4.74 Å². The molecule has 0 aliphatic heterocycles. The maximum atomic E-state index is 13.6. The molecule has 2 rings (SSSR count). The number of sulfonamides is 1. The van der Waals surface area contributed by atoms with Crippen molar-refractivity contribution in [2.45, 2.75) is 18.9 Å². The number of hydrogen-bond donors (Lipinski definition) is 2.